The molecule has 0 fully saturated rings. The zero-order valence-electron chi connectivity index (χ0n) is 10.9. The molecule has 0 radical (unpaired) electrons. The molecule has 0 bridgehead atoms. The van der Waals surface area contributed by atoms with Gasteiger partial charge in [-0.05, 0) is 29.8 Å². The molecule has 1 aliphatic heterocycles. The molecule has 2 heterocycles. The fraction of sp³-hybridized carbons (Fsp3) is 0.143. The summed E-state index contributed by atoms with van der Waals surface area (Å²) < 4.78 is 10.5. The largest absolute Gasteiger partial charge is 0.454 e. The zero-order chi connectivity index (χ0) is 14.7. The Balaban J connectivity index is 1.55. The monoisotopic (exact) mass is 305 g/mol. The molecule has 0 aliphatic carbocycles. The second-order valence-corrected chi connectivity index (χ2v) is 4.75. The number of amides is 2. The van der Waals surface area contributed by atoms with E-state index in [4.69, 9.17) is 21.1 Å². The van der Waals surface area contributed by atoms with Gasteiger partial charge in [0.1, 0.15) is 5.15 Å². The maximum atomic E-state index is 11.8. The lowest BCUT2D eigenvalue weighted by molar-refractivity contribution is 0.174. The molecule has 6 nitrogen and oxygen atoms in total. The Morgan fingerprint density at radius 3 is 2.90 bits per heavy atom. The minimum Gasteiger partial charge on any atom is -0.454 e. The van der Waals surface area contributed by atoms with Gasteiger partial charge in [-0.25, -0.2) is 9.78 Å². The summed E-state index contributed by atoms with van der Waals surface area (Å²) in [6.07, 6.45) is 1.49. The van der Waals surface area contributed by atoms with Crippen LogP contribution < -0.4 is 20.1 Å². The van der Waals surface area contributed by atoms with Gasteiger partial charge in [-0.3, -0.25) is 0 Å². The number of carbonyl (C=O) groups excluding carboxylic acids is 1. The number of halogens is 1. The molecule has 108 valence electrons. The Morgan fingerprint density at radius 1 is 1.24 bits per heavy atom. The van der Waals surface area contributed by atoms with Crippen molar-refractivity contribution in [2.45, 2.75) is 6.54 Å². The maximum absolute atomic E-state index is 11.8. The van der Waals surface area contributed by atoms with Crippen LogP contribution >= 0.6 is 11.6 Å². The van der Waals surface area contributed by atoms with Crippen LogP contribution in [0, 0.1) is 0 Å². The van der Waals surface area contributed by atoms with Gasteiger partial charge in [0, 0.05) is 6.54 Å². The van der Waals surface area contributed by atoms with E-state index in [1.54, 1.807) is 12.1 Å². The van der Waals surface area contributed by atoms with Crippen LogP contribution in [-0.4, -0.2) is 17.8 Å². The van der Waals surface area contributed by atoms with Crippen molar-refractivity contribution in [3.05, 3.63) is 47.2 Å². The molecule has 3 rings (SSSR count). The van der Waals surface area contributed by atoms with Crippen molar-refractivity contribution in [2.24, 2.45) is 0 Å². The molecule has 0 unspecified atom stereocenters. The van der Waals surface area contributed by atoms with Gasteiger partial charge < -0.3 is 20.1 Å². The number of nitrogens with zero attached hydrogens (tertiary/aromatic N) is 1. The summed E-state index contributed by atoms with van der Waals surface area (Å²) in [4.78, 5) is 15.6. The highest BCUT2D eigenvalue weighted by Gasteiger charge is 2.13. The number of pyridine rings is 1. The highest BCUT2D eigenvalue weighted by Crippen LogP contribution is 2.32. The number of urea groups is 1. The number of nitrogens with one attached hydrogen (secondary N) is 2. The van der Waals surface area contributed by atoms with Crippen molar-refractivity contribution in [1.82, 2.24) is 10.3 Å². The highest BCUT2D eigenvalue weighted by molar-refractivity contribution is 6.29. The molecule has 0 saturated heterocycles. The Labute approximate surface area is 126 Å². The molecule has 0 spiro atoms. The lowest BCUT2D eigenvalue weighted by Gasteiger charge is -2.08. The smallest absolute Gasteiger partial charge is 0.319 e. The van der Waals surface area contributed by atoms with Crippen molar-refractivity contribution in [3.63, 3.8) is 0 Å². The summed E-state index contributed by atoms with van der Waals surface area (Å²) in [5.74, 6) is 1.41. The lowest BCUT2D eigenvalue weighted by atomic mass is 10.2. The molecular formula is C14H12ClN3O3. The van der Waals surface area contributed by atoms with E-state index in [-0.39, 0.29) is 12.8 Å². The van der Waals surface area contributed by atoms with Crippen LogP contribution in [0.2, 0.25) is 5.15 Å². The molecule has 1 aliphatic rings. The van der Waals surface area contributed by atoms with Gasteiger partial charge in [-0.2, -0.15) is 0 Å². The summed E-state index contributed by atoms with van der Waals surface area (Å²) in [5, 5.41) is 5.79. The quantitative estimate of drug-likeness (QED) is 0.855. The third-order valence-electron chi connectivity index (χ3n) is 2.88. The Hall–Kier alpha value is -2.47. The van der Waals surface area contributed by atoms with Crippen molar-refractivity contribution in [3.8, 4) is 11.5 Å². The third-order valence-corrected chi connectivity index (χ3v) is 3.10. The van der Waals surface area contributed by atoms with Gasteiger partial charge in [0.25, 0.3) is 0 Å². The van der Waals surface area contributed by atoms with Crippen molar-refractivity contribution < 1.29 is 14.3 Å². The Bertz CT molecular complexity index is 661. The predicted molar refractivity (Wildman–Crippen MR) is 77.7 cm³/mol. The summed E-state index contributed by atoms with van der Waals surface area (Å²) in [6, 6.07) is 8.49. The Kier molecular flexibility index (Phi) is 3.79. The van der Waals surface area contributed by atoms with E-state index in [1.807, 2.05) is 18.2 Å². The van der Waals surface area contributed by atoms with Crippen molar-refractivity contribution >= 4 is 23.3 Å². The standard InChI is InChI=1S/C14H12ClN3O3/c15-13-4-2-10(7-16-13)18-14(19)17-6-9-1-3-11-12(5-9)21-8-20-11/h1-5,7H,6,8H2,(H2,17,18,19). The first-order chi connectivity index (χ1) is 10.2. The number of hydrogen-bond donors (Lipinski definition) is 2. The average Bonchev–Trinajstić information content (AvgIpc) is 2.95. The molecule has 2 amide bonds. The van der Waals surface area contributed by atoms with E-state index in [2.05, 4.69) is 15.6 Å². The van der Waals surface area contributed by atoms with Gasteiger partial charge in [0.15, 0.2) is 11.5 Å². The fourth-order valence-corrected chi connectivity index (χ4v) is 1.97. The van der Waals surface area contributed by atoms with E-state index in [0.29, 0.717) is 23.1 Å². The van der Waals surface area contributed by atoms with Crippen LogP contribution in [0.25, 0.3) is 0 Å². The summed E-state index contributed by atoms with van der Waals surface area (Å²) in [5.41, 5.74) is 1.49. The van der Waals surface area contributed by atoms with Gasteiger partial charge in [0.2, 0.25) is 6.79 Å². The number of rotatable bonds is 3. The summed E-state index contributed by atoms with van der Waals surface area (Å²) in [7, 11) is 0. The molecule has 2 N–H and O–H groups in total. The van der Waals surface area contributed by atoms with E-state index in [1.165, 1.54) is 6.20 Å². The first-order valence-electron chi connectivity index (χ1n) is 6.26. The van der Waals surface area contributed by atoms with Crippen LogP contribution in [0.4, 0.5) is 10.5 Å². The Morgan fingerprint density at radius 2 is 2.10 bits per heavy atom. The summed E-state index contributed by atoms with van der Waals surface area (Å²) >= 11 is 5.67. The van der Waals surface area contributed by atoms with E-state index in [9.17, 15) is 4.79 Å². The first-order valence-corrected chi connectivity index (χ1v) is 6.63. The molecule has 1 aromatic heterocycles. The molecule has 7 heteroatoms. The van der Waals surface area contributed by atoms with Crippen LogP contribution in [0.5, 0.6) is 11.5 Å². The lowest BCUT2D eigenvalue weighted by Crippen LogP contribution is -2.28. The van der Waals surface area contributed by atoms with E-state index in [0.717, 1.165) is 11.3 Å². The first kappa shape index (κ1) is 13.5. The SMILES string of the molecule is O=C(NCc1ccc2c(c1)OCO2)Nc1ccc(Cl)nc1. The molecular weight excluding hydrogens is 294 g/mol. The predicted octanol–water partition coefficient (Wildman–Crippen LogP) is 2.79. The highest BCUT2D eigenvalue weighted by atomic mass is 35.5. The molecule has 2 aromatic rings. The van der Waals surface area contributed by atoms with Gasteiger partial charge in [0.05, 0.1) is 11.9 Å². The number of ether oxygens (including phenoxy) is 2. The van der Waals surface area contributed by atoms with Crippen molar-refractivity contribution in [1.29, 1.82) is 0 Å². The number of benzene rings is 1. The topological polar surface area (TPSA) is 72.5 Å². The van der Waals surface area contributed by atoms with E-state index < -0.39 is 0 Å². The molecule has 21 heavy (non-hydrogen) atoms. The van der Waals surface area contributed by atoms with Gasteiger partial charge >= 0.3 is 6.03 Å². The molecule has 0 saturated carbocycles. The third kappa shape index (κ3) is 3.35. The van der Waals surface area contributed by atoms with Gasteiger partial charge in [-0.15, -0.1) is 0 Å². The van der Waals surface area contributed by atoms with E-state index >= 15 is 0 Å². The van der Waals surface area contributed by atoms with Crippen LogP contribution in [-0.2, 0) is 6.54 Å². The summed E-state index contributed by atoms with van der Waals surface area (Å²) in [6.45, 7) is 0.611. The average molecular weight is 306 g/mol. The number of hydrogen-bond acceptors (Lipinski definition) is 4. The normalized spacial score (nSPS) is 12.0. The number of anilines is 1. The molecule has 0 atom stereocenters. The van der Waals surface area contributed by atoms with Crippen LogP contribution in [0.15, 0.2) is 36.5 Å². The number of aromatic nitrogens is 1. The minimum absolute atomic E-state index is 0.232. The number of fused-ring (bicyclic) bond motifs is 1. The second-order valence-electron chi connectivity index (χ2n) is 4.36. The number of carbonyl (C=O) groups is 1. The van der Waals surface area contributed by atoms with Gasteiger partial charge in [-0.1, -0.05) is 17.7 Å². The van der Waals surface area contributed by atoms with Crippen LogP contribution in [0.3, 0.4) is 0 Å². The maximum Gasteiger partial charge on any atom is 0.319 e. The van der Waals surface area contributed by atoms with Crippen LogP contribution in [0.1, 0.15) is 5.56 Å². The fourth-order valence-electron chi connectivity index (χ4n) is 1.86. The second kappa shape index (κ2) is 5.88. The molecule has 1 aromatic carbocycles. The minimum atomic E-state index is -0.322. The zero-order valence-corrected chi connectivity index (χ0v) is 11.7. The van der Waals surface area contributed by atoms with Crippen molar-refractivity contribution in [2.75, 3.05) is 12.1 Å².